The highest BCUT2D eigenvalue weighted by Crippen LogP contribution is 2.23. The third-order valence-electron chi connectivity index (χ3n) is 3.53. The highest BCUT2D eigenvalue weighted by Gasteiger charge is 2.15. The predicted molar refractivity (Wildman–Crippen MR) is 97.4 cm³/mol. The number of nitrogens with one attached hydrogen (secondary N) is 1. The van der Waals surface area contributed by atoms with Gasteiger partial charge in [0.15, 0.2) is 6.10 Å². The summed E-state index contributed by atoms with van der Waals surface area (Å²) in [7, 11) is 0. The van der Waals surface area contributed by atoms with E-state index < -0.39 is 6.10 Å². The molecule has 0 fully saturated rings. The van der Waals surface area contributed by atoms with E-state index in [2.05, 4.69) is 10.3 Å². The van der Waals surface area contributed by atoms with E-state index in [1.807, 2.05) is 60.8 Å². The van der Waals surface area contributed by atoms with Gasteiger partial charge in [-0.15, -0.1) is 11.3 Å². The van der Waals surface area contributed by atoms with Gasteiger partial charge in [0.1, 0.15) is 10.8 Å². The number of aromatic nitrogens is 1. The molecule has 0 spiro atoms. The van der Waals surface area contributed by atoms with Crippen LogP contribution in [0.25, 0.3) is 10.6 Å². The second-order valence-corrected chi connectivity index (χ2v) is 6.37. The van der Waals surface area contributed by atoms with Gasteiger partial charge in [0, 0.05) is 22.8 Å². The molecule has 0 saturated heterocycles. The summed E-state index contributed by atoms with van der Waals surface area (Å²) in [6.07, 6.45) is 1.20. The van der Waals surface area contributed by atoms with Crippen molar-refractivity contribution in [2.24, 2.45) is 0 Å². The van der Waals surface area contributed by atoms with Crippen LogP contribution in [0.3, 0.4) is 0 Å². The SMILES string of the molecule is Cc1ccc(OC(C)C(=O)Nc2ccc(-c3nccs3)cc2)cc1. The first-order valence-electron chi connectivity index (χ1n) is 7.66. The number of benzene rings is 2. The maximum absolute atomic E-state index is 12.3. The lowest BCUT2D eigenvalue weighted by molar-refractivity contribution is -0.122. The van der Waals surface area contributed by atoms with E-state index in [9.17, 15) is 4.79 Å². The Labute approximate surface area is 145 Å². The maximum Gasteiger partial charge on any atom is 0.265 e. The van der Waals surface area contributed by atoms with E-state index in [1.54, 1.807) is 24.5 Å². The van der Waals surface area contributed by atoms with Gasteiger partial charge < -0.3 is 10.1 Å². The number of amides is 1. The number of carbonyl (C=O) groups is 1. The first-order chi connectivity index (χ1) is 11.6. The molecule has 5 heteroatoms. The van der Waals surface area contributed by atoms with Crippen molar-refractivity contribution in [3.63, 3.8) is 0 Å². The molecular formula is C19H18N2O2S. The molecule has 1 aromatic heterocycles. The molecule has 1 N–H and O–H groups in total. The average Bonchev–Trinajstić information content (AvgIpc) is 3.12. The molecule has 1 amide bonds. The van der Waals surface area contributed by atoms with Crippen molar-refractivity contribution in [3.8, 4) is 16.3 Å². The van der Waals surface area contributed by atoms with Crippen molar-refractivity contribution < 1.29 is 9.53 Å². The van der Waals surface area contributed by atoms with E-state index in [4.69, 9.17) is 4.74 Å². The Morgan fingerprint density at radius 1 is 1.12 bits per heavy atom. The fraction of sp³-hybridized carbons (Fsp3) is 0.158. The second-order valence-electron chi connectivity index (χ2n) is 5.48. The number of nitrogens with zero attached hydrogens (tertiary/aromatic N) is 1. The van der Waals surface area contributed by atoms with Crippen LogP contribution >= 0.6 is 11.3 Å². The summed E-state index contributed by atoms with van der Waals surface area (Å²) >= 11 is 1.58. The Hall–Kier alpha value is -2.66. The second kappa shape index (κ2) is 7.27. The van der Waals surface area contributed by atoms with Gasteiger partial charge >= 0.3 is 0 Å². The quantitative estimate of drug-likeness (QED) is 0.744. The molecular weight excluding hydrogens is 320 g/mol. The lowest BCUT2D eigenvalue weighted by Gasteiger charge is -2.15. The molecule has 2 aromatic carbocycles. The van der Waals surface area contributed by atoms with Gasteiger partial charge in [-0.05, 0) is 50.2 Å². The highest BCUT2D eigenvalue weighted by atomic mass is 32.1. The summed E-state index contributed by atoms with van der Waals surface area (Å²) in [6, 6.07) is 15.3. The zero-order chi connectivity index (χ0) is 16.9. The van der Waals surface area contributed by atoms with Crippen molar-refractivity contribution in [1.29, 1.82) is 0 Å². The third-order valence-corrected chi connectivity index (χ3v) is 4.36. The van der Waals surface area contributed by atoms with Gasteiger partial charge in [-0.1, -0.05) is 17.7 Å². The number of hydrogen-bond acceptors (Lipinski definition) is 4. The summed E-state index contributed by atoms with van der Waals surface area (Å²) in [5.74, 6) is 0.500. The summed E-state index contributed by atoms with van der Waals surface area (Å²) in [5, 5.41) is 5.77. The lowest BCUT2D eigenvalue weighted by Crippen LogP contribution is -2.30. The fourth-order valence-electron chi connectivity index (χ4n) is 2.18. The van der Waals surface area contributed by atoms with Gasteiger partial charge in [-0.25, -0.2) is 4.98 Å². The van der Waals surface area contributed by atoms with Crippen LogP contribution in [0.15, 0.2) is 60.1 Å². The number of anilines is 1. The van der Waals surface area contributed by atoms with Crippen molar-refractivity contribution >= 4 is 22.9 Å². The van der Waals surface area contributed by atoms with Crippen LogP contribution in [-0.2, 0) is 4.79 Å². The Morgan fingerprint density at radius 3 is 2.46 bits per heavy atom. The first-order valence-corrected chi connectivity index (χ1v) is 8.54. The molecule has 0 saturated carbocycles. The van der Waals surface area contributed by atoms with Gasteiger partial charge in [-0.3, -0.25) is 4.79 Å². The van der Waals surface area contributed by atoms with Gasteiger partial charge in [0.2, 0.25) is 0 Å². The fourth-order valence-corrected chi connectivity index (χ4v) is 2.83. The average molecular weight is 338 g/mol. The molecule has 122 valence electrons. The molecule has 0 radical (unpaired) electrons. The molecule has 4 nitrogen and oxygen atoms in total. The molecule has 24 heavy (non-hydrogen) atoms. The number of thiazole rings is 1. The van der Waals surface area contributed by atoms with E-state index >= 15 is 0 Å². The topological polar surface area (TPSA) is 51.2 Å². The van der Waals surface area contributed by atoms with Crippen molar-refractivity contribution in [2.75, 3.05) is 5.32 Å². The Kier molecular flexibility index (Phi) is 4.91. The van der Waals surface area contributed by atoms with Crippen LogP contribution in [0, 0.1) is 6.92 Å². The third kappa shape index (κ3) is 4.00. The zero-order valence-electron chi connectivity index (χ0n) is 13.5. The minimum atomic E-state index is -0.577. The summed E-state index contributed by atoms with van der Waals surface area (Å²) in [6.45, 7) is 3.74. The van der Waals surface area contributed by atoms with E-state index in [1.165, 1.54) is 0 Å². The number of ether oxygens (including phenoxy) is 1. The van der Waals surface area contributed by atoms with E-state index in [0.29, 0.717) is 5.75 Å². The monoisotopic (exact) mass is 338 g/mol. The number of hydrogen-bond donors (Lipinski definition) is 1. The number of aryl methyl sites for hydroxylation is 1. The molecule has 0 bridgehead atoms. The van der Waals surface area contributed by atoms with E-state index in [-0.39, 0.29) is 5.91 Å². The molecule has 0 aliphatic rings. The normalized spacial score (nSPS) is 11.8. The van der Waals surface area contributed by atoms with Crippen molar-refractivity contribution in [2.45, 2.75) is 20.0 Å². The Balaban J connectivity index is 1.60. The van der Waals surface area contributed by atoms with E-state index in [0.717, 1.165) is 21.8 Å². The summed E-state index contributed by atoms with van der Waals surface area (Å²) in [5.41, 5.74) is 2.92. The summed E-state index contributed by atoms with van der Waals surface area (Å²) < 4.78 is 5.67. The molecule has 0 aliphatic heterocycles. The van der Waals surface area contributed by atoms with Crippen molar-refractivity contribution in [1.82, 2.24) is 4.98 Å². The Bertz CT molecular complexity index is 796. The van der Waals surface area contributed by atoms with Crippen LogP contribution in [-0.4, -0.2) is 17.0 Å². The standard InChI is InChI=1S/C19H18N2O2S/c1-13-3-9-17(10-4-13)23-14(2)18(22)21-16-7-5-15(6-8-16)19-20-11-12-24-19/h3-12,14H,1-2H3,(H,21,22). The zero-order valence-corrected chi connectivity index (χ0v) is 14.3. The molecule has 0 aliphatic carbocycles. The van der Waals surface area contributed by atoms with Crippen LogP contribution in [0.1, 0.15) is 12.5 Å². The number of carbonyl (C=O) groups excluding carboxylic acids is 1. The van der Waals surface area contributed by atoms with Crippen LogP contribution in [0.2, 0.25) is 0 Å². The Morgan fingerprint density at radius 2 is 1.83 bits per heavy atom. The van der Waals surface area contributed by atoms with Crippen LogP contribution < -0.4 is 10.1 Å². The smallest absolute Gasteiger partial charge is 0.265 e. The highest BCUT2D eigenvalue weighted by molar-refractivity contribution is 7.13. The maximum atomic E-state index is 12.3. The molecule has 3 rings (SSSR count). The molecule has 1 unspecified atom stereocenters. The van der Waals surface area contributed by atoms with Crippen LogP contribution in [0.4, 0.5) is 5.69 Å². The minimum Gasteiger partial charge on any atom is -0.481 e. The molecule has 1 atom stereocenters. The minimum absolute atomic E-state index is 0.183. The molecule has 1 heterocycles. The predicted octanol–water partition coefficient (Wildman–Crippen LogP) is 4.52. The van der Waals surface area contributed by atoms with Crippen LogP contribution in [0.5, 0.6) is 5.75 Å². The largest absolute Gasteiger partial charge is 0.481 e. The molecule has 3 aromatic rings. The van der Waals surface area contributed by atoms with Gasteiger partial charge in [0.05, 0.1) is 0 Å². The lowest BCUT2D eigenvalue weighted by atomic mass is 10.2. The van der Waals surface area contributed by atoms with Gasteiger partial charge in [-0.2, -0.15) is 0 Å². The number of rotatable bonds is 5. The van der Waals surface area contributed by atoms with Gasteiger partial charge in [0.25, 0.3) is 5.91 Å². The summed E-state index contributed by atoms with van der Waals surface area (Å²) in [4.78, 5) is 16.5. The van der Waals surface area contributed by atoms with Crippen molar-refractivity contribution in [3.05, 3.63) is 65.7 Å². The first kappa shape index (κ1) is 16.2.